The molecule has 2 rings (SSSR count). The third-order valence-corrected chi connectivity index (χ3v) is 3.50. The lowest BCUT2D eigenvalue weighted by Gasteiger charge is -2.22. The average Bonchev–Trinajstić information content (AvgIpc) is 2.37. The molecule has 0 aliphatic heterocycles. The number of anilines is 1. The van der Waals surface area contributed by atoms with E-state index in [2.05, 4.69) is 37.4 Å². The number of nitrogens with one attached hydrogen (secondary N) is 1. The highest BCUT2D eigenvalue weighted by atomic mass is 16.5. The number of hydrogen-bond donors (Lipinski definition) is 1. The van der Waals surface area contributed by atoms with Gasteiger partial charge >= 0.3 is 0 Å². The van der Waals surface area contributed by atoms with E-state index in [0.29, 0.717) is 6.04 Å². The van der Waals surface area contributed by atoms with Gasteiger partial charge < -0.3 is 10.1 Å². The lowest BCUT2D eigenvalue weighted by Crippen LogP contribution is -2.15. The van der Waals surface area contributed by atoms with Crippen molar-refractivity contribution >= 4 is 5.69 Å². The molecule has 0 aromatic heterocycles. The first kappa shape index (κ1) is 13.3. The van der Waals surface area contributed by atoms with Crippen LogP contribution in [0, 0.1) is 5.92 Å². The molecule has 1 N–H and O–H groups in total. The second kappa shape index (κ2) is 6.67. The maximum absolute atomic E-state index is 5.93. The molecule has 0 saturated heterocycles. The SMILES string of the molecule is CC(C)Nc1cccc(OCC2CCCCC2)c1. The van der Waals surface area contributed by atoms with Crippen molar-refractivity contribution in [1.82, 2.24) is 0 Å². The van der Waals surface area contributed by atoms with Gasteiger partial charge in [0.15, 0.2) is 0 Å². The third kappa shape index (κ3) is 4.25. The Morgan fingerprint density at radius 3 is 2.72 bits per heavy atom. The van der Waals surface area contributed by atoms with E-state index in [1.54, 1.807) is 0 Å². The second-order valence-corrected chi connectivity index (χ2v) is 5.64. The lowest BCUT2D eigenvalue weighted by molar-refractivity contribution is 0.209. The van der Waals surface area contributed by atoms with E-state index in [4.69, 9.17) is 4.74 Å². The van der Waals surface area contributed by atoms with Crippen LogP contribution in [-0.4, -0.2) is 12.6 Å². The number of ether oxygens (including phenoxy) is 1. The van der Waals surface area contributed by atoms with Gasteiger partial charge in [0.25, 0.3) is 0 Å². The van der Waals surface area contributed by atoms with E-state index in [1.807, 2.05) is 6.07 Å². The Bertz CT molecular complexity index is 356. The summed E-state index contributed by atoms with van der Waals surface area (Å²) in [5.41, 5.74) is 1.14. The van der Waals surface area contributed by atoms with Gasteiger partial charge in [-0.1, -0.05) is 25.3 Å². The van der Waals surface area contributed by atoms with Crippen molar-refractivity contribution in [3.05, 3.63) is 24.3 Å². The molecule has 18 heavy (non-hydrogen) atoms. The molecule has 2 heteroatoms. The van der Waals surface area contributed by atoms with Gasteiger partial charge in [-0.15, -0.1) is 0 Å². The Hall–Kier alpha value is -1.18. The summed E-state index contributed by atoms with van der Waals surface area (Å²) in [7, 11) is 0. The fourth-order valence-corrected chi connectivity index (χ4v) is 2.58. The smallest absolute Gasteiger partial charge is 0.121 e. The van der Waals surface area contributed by atoms with E-state index >= 15 is 0 Å². The zero-order valence-electron chi connectivity index (χ0n) is 11.6. The summed E-state index contributed by atoms with van der Waals surface area (Å²) in [5.74, 6) is 1.76. The van der Waals surface area contributed by atoms with Gasteiger partial charge in [0.05, 0.1) is 6.61 Å². The van der Waals surface area contributed by atoms with Crippen molar-refractivity contribution in [1.29, 1.82) is 0 Å². The zero-order valence-corrected chi connectivity index (χ0v) is 11.6. The molecule has 1 aliphatic rings. The van der Waals surface area contributed by atoms with E-state index in [1.165, 1.54) is 32.1 Å². The fourth-order valence-electron chi connectivity index (χ4n) is 2.58. The van der Waals surface area contributed by atoms with Gasteiger partial charge in [0.2, 0.25) is 0 Å². The molecule has 0 radical (unpaired) electrons. The molecule has 1 saturated carbocycles. The Kier molecular flexibility index (Phi) is 4.91. The number of rotatable bonds is 5. The molecule has 2 nitrogen and oxygen atoms in total. The van der Waals surface area contributed by atoms with Gasteiger partial charge in [-0.3, -0.25) is 0 Å². The van der Waals surface area contributed by atoms with Crippen LogP contribution in [0.2, 0.25) is 0 Å². The van der Waals surface area contributed by atoms with Crippen LogP contribution in [0.5, 0.6) is 5.75 Å². The minimum Gasteiger partial charge on any atom is -0.493 e. The van der Waals surface area contributed by atoms with E-state index in [0.717, 1.165) is 24.0 Å². The van der Waals surface area contributed by atoms with Crippen LogP contribution >= 0.6 is 0 Å². The van der Waals surface area contributed by atoms with E-state index in [9.17, 15) is 0 Å². The molecule has 0 amide bonds. The predicted octanol–water partition coefficient (Wildman–Crippen LogP) is 4.47. The summed E-state index contributed by atoms with van der Waals surface area (Å²) in [6.07, 6.45) is 6.84. The molecule has 0 atom stereocenters. The van der Waals surface area contributed by atoms with Gasteiger partial charge in [0, 0.05) is 17.8 Å². The van der Waals surface area contributed by atoms with Crippen LogP contribution in [-0.2, 0) is 0 Å². The van der Waals surface area contributed by atoms with Crippen LogP contribution in [0.25, 0.3) is 0 Å². The first-order valence-corrected chi connectivity index (χ1v) is 7.23. The molecule has 0 unspecified atom stereocenters. The van der Waals surface area contributed by atoms with Crippen molar-refractivity contribution in [2.75, 3.05) is 11.9 Å². The van der Waals surface area contributed by atoms with Gasteiger partial charge in [-0.25, -0.2) is 0 Å². The molecule has 0 heterocycles. The second-order valence-electron chi connectivity index (χ2n) is 5.64. The quantitative estimate of drug-likeness (QED) is 0.829. The minimum absolute atomic E-state index is 0.457. The maximum Gasteiger partial charge on any atom is 0.121 e. The largest absolute Gasteiger partial charge is 0.493 e. The molecule has 1 aliphatic carbocycles. The topological polar surface area (TPSA) is 21.3 Å². The third-order valence-electron chi connectivity index (χ3n) is 3.50. The summed E-state index contributed by atoms with van der Waals surface area (Å²) in [5, 5.41) is 3.40. The highest BCUT2D eigenvalue weighted by molar-refractivity contribution is 5.48. The molecular formula is C16H25NO. The lowest BCUT2D eigenvalue weighted by atomic mass is 9.90. The summed E-state index contributed by atoms with van der Waals surface area (Å²) in [4.78, 5) is 0. The summed E-state index contributed by atoms with van der Waals surface area (Å²) in [6.45, 7) is 5.18. The van der Waals surface area contributed by atoms with Crippen molar-refractivity contribution in [3.63, 3.8) is 0 Å². The standard InChI is InChI=1S/C16H25NO/c1-13(2)17-15-9-6-10-16(11-15)18-12-14-7-4-3-5-8-14/h6,9-11,13-14,17H,3-5,7-8,12H2,1-2H3. The summed E-state index contributed by atoms with van der Waals surface area (Å²) >= 11 is 0. The highest BCUT2D eigenvalue weighted by Gasteiger charge is 2.13. The first-order valence-electron chi connectivity index (χ1n) is 7.23. The van der Waals surface area contributed by atoms with Gasteiger partial charge in [0.1, 0.15) is 5.75 Å². The van der Waals surface area contributed by atoms with Crippen LogP contribution in [0.4, 0.5) is 5.69 Å². The molecule has 1 fully saturated rings. The van der Waals surface area contributed by atoms with Gasteiger partial charge in [-0.2, -0.15) is 0 Å². The monoisotopic (exact) mass is 247 g/mol. The van der Waals surface area contributed by atoms with Crippen LogP contribution in [0.3, 0.4) is 0 Å². The first-order chi connectivity index (χ1) is 8.74. The van der Waals surface area contributed by atoms with Crippen molar-refractivity contribution < 1.29 is 4.74 Å². The van der Waals surface area contributed by atoms with Crippen molar-refractivity contribution in [2.24, 2.45) is 5.92 Å². The van der Waals surface area contributed by atoms with Crippen molar-refractivity contribution in [3.8, 4) is 5.75 Å². The number of benzene rings is 1. The Labute approximate surface area is 111 Å². The molecule has 0 spiro atoms. The predicted molar refractivity (Wildman–Crippen MR) is 77.3 cm³/mol. The molecular weight excluding hydrogens is 222 g/mol. The Morgan fingerprint density at radius 2 is 2.00 bits per heavy atom. The molecule has 1 aromatic rings. The van der Waals surface area contributed by atoms with Crippen molar-refractivity contribution in [2.45, 2.75) is 52.0 Å². The van der Waals surface area contributed by atoms with Crippen LogP contribution in [0.15, 0.2) is 24.3 Å². The van der Waals surface area contributed by atoms with Crippen LogP contribution < -0.4 is 10.1 Å². The van der Waals surface area contributed by atoms with Gasteiger partial charge in [-0.05, 0) is 44.7 Å². The molecule has 0 bridgehead atoms. The normalized spacial score (nSPS) is 16.8. The summed E-state index contributed by atoms with van der Waals surface area (Å²) in [6, 6.07) is 8.75. The number of hydrogen-bond acceptors (Lipinski definition) is 2. The summed E-state index contributed by atoms with van der Waals surface area (Å²) < 4.78 is 5.93. The fraction of sp³-hybridized carbons (Fsp3) is 0.625. The Balaban J connectivity index is 1.84. The Morgan fingerprint density at radius 1 is 1.22 bits per heavy atom. The van der Waals surface area contributed by atoms with E-state index < -0.39 is 0 Å². The zero-order chi connectivity index (χ0) is 12.8. The molecule has 1 aromatic carbocycles. The minimum atomic E-state index is 0.457. The van der Waals surface area contributed by atoms with Crippen LogP contribution in [0.1, 0.15) is 46.0 Å². The molecule has 100 valence electrons. The average molecular weight is 247 g/mol. The van der Waals surface area contributed by atoms with E-state index in [-0.39, 0.29) is 0 Å². The maximum atomic E-state index is 5.93. The highest BCUT2D eigenvalue weighted by Crippen LogP contribution is 2.25.